The van der Waals surface area contributed by atoms with Crippen LogP contribution >= 0.6 is 0 Å². The van der Waals surface area contributed by atoms with Crippen molar-refractivity contribution in [1.29, 1.82) is 0 Å². The molecule has 2 N–H and O–H groups in total. The Labute approximate surface area is 128 Å². The highest BCUT2D eigenvalue weighted by Crippen LogP contribution is 2.24. The number of aliphatic hydroxyl groups is 1. The zero-order valence-electron chi connectivity index (χ0n) is 13.0. The summed E-state index contributed by atoms with van der Waals surface area (Å²) in [5.41, 5.74) is 0.547. The Kier molecular flexibility index (Phi) is 6.80. The second-order valence-electron chi connectivity index (χ2n) is 5.43. The molecule has 0 aliphatic rings. The van der Waals surface area contributed by atoms with Crippen molar-refractivity contribution in [3.63, 3.8) is 0 Å². The Morgan fingerprint density at radius 1 is 1.19 bits per heavy atom. The lowest BCUT2D eigenvalue weighted by molar-refractivity contribution is 0.118. The number of hydrogen-bond donors (Lipinski definition) is 2. The minimum absolute atomic E-state index is 0.0229. The first-order chi connectivity index (χ1) is 9.89. The fourth-order valence-corrected chi connectivity index (χ4v) is 3.09. The number of hydrogen-bond acceptors (Lipinski definition) is 3. The van der Waals surface area contributed by atoms with Gasteiger partial charge < -0.3 is 5.11 Å². The summed E-state index contributed by atoms with van der Waals surface area (Å²) in [4.78, 5) is 0. The molecule has 0 radical (unpaired) electrons. The van der Waals surface area contributed by atoms with Gasteiger partial charge in [0.1, 0.15) is 0 Å². The molecule has 0 aliphatic carbocycles. The van der Waals surface area contributed by atoms with Crippen LogP contribution in [0.25, 0.3) is 0 Å². The van der Waals surface area contributed by atoms with Crippen LogP contribution in [0.2, 0.25) is 0 Å². The standard InChI is InChI=1S/C15H26N2O3S/c1-4-15(5-2,13-18)12-16-21(19,20)17(3)11-14-9-7-6-8-10-14/h6-10,16,18H,4-5,11-13H2,1-3H3. The molecule has 1 aromatic rings. The van der Waals surface area contributed by atoms with E-state index in [1.165, 1.54) is 4.31 Å². The van der Waals surface area contributed by atoms with Gasteiger partial charge in [0, 0.05) is 32.2 Å². The van der Waals surface area contributed by atoms with E-state index in [2.05, 4.69) is 4.72 Å². The van der Waals surface area contributed by atoms with E-state index in [-0.39, 0.29) is 18.6 Å². The topological polar surface area (TPSA) is 69.6 Å². The second-order valence-corrected chi connectivity index (χ2v) is 7.30. The summed E-state index contributed by atoms with van der Waals surface area (Å²) in [5.74, 6) is 0. The van der Waals surface area contributed by atoms with Gasteiger partial charge in [-0.2, -0.15) is 12.7 Å². The highest BCUT2D eigenvalue weighted by molar-refractivity contribution is 7.87. The highest BCUT2D eigenvalue weighted by atomic mass is 32.2. The zero-order chi connectivity index (χ0) is 15.9. The molecule has 0 unspecified atom stereocenters. The maximum Gasteiger partial charge on any atom is 0.279 e. The normalized spacial score (nSPS) is 12.8. The van der Waals surface area contributed by atoms with Gasteiger partial charge >= 0.3 is 0 Å². The molecule has 120 valence electrons. The molecule has 0 heterocycles. The highest BCUT2D eigenvalue weighted by Gasteiger charge is 2.28. The lowest BCUT2D eigenvalue weighted by atomic mass is 9.84. The molecule has 0 aromatic heterocycles. The van der Waals surface area contributed by atoms with Gasteiger partial charge in [0.15, 0.2) is 0 Å². The first-order valence-electron chi connectivity index (χ1n) is 7.25. The maximum atomic E-state index is 12.3. The molecule has 21 heavy (non-hydrogen) atoms. The van der Waals surface area contributed by atoms with Gasteiger partial charge in [0.2, 0.25) is 0 Å². The van der Waals surface area contributed by atoms with E-state index in [1.807, 2.05) is 44.2 Å². The first-order valence-corrected chi connectivity index (χ1v) is 8.69. The summed E-state index contributed by atoms with van der Waals surface area (Å²) in [5, 5.41) is 9.50. The van der Waals surface area contributed by atoms with Crippen LogP contribution in [0.15, 0.2) is 30.3 Å². The van der Waals surface area contributed by atoms with E-state index < -0.39 is 10.2 Å². The molecule has 0 atom stereocenters. The molecular formula is C15H26N2O3S. The molecule has 6 heteroatoms. The predicted octanol–water partition coefficient (Wildman–Crippen LogP) is 1.75. The fourth-order valence-electron chi connectivity index (χ4n) is 2.06. The van der Waals surface area contributed by atoms with Crippen molar-refractivity contribution in [1.82, 2.24) is 9.03 Å². The Hall–Kier alpha value is -0.950. The van der Waals surface area contributed by atoms with E-state index in [0.29, 0.717) is 6.54 Å². The van der Waals surface area contributed by atoms with Crippen LogP contribution in [0.5, 0.6) is 0 Å². The van der Waals surface area contributed by atoms with Crippen molar-refractivity contribution >= 4 is 10.2 Å². The molecule has 0 aliphatic heterocycles. The Bertz CT molecular complexity index is 505. The number of rotatable bonds is 9. The third-order valence-electron chi connectivity index (χ3n) is 4.12. The zero-order valence-corrected chi connectivity index (χ0v) is 13.9. The third kappa shape index (κ3) is 5.07. The van der Waals surface area contributed by atoms with Crippen molar-refractivity contribution in [3.8, 4) is 0 Å². The molecule has 0 saturated heterocycles. The molecule has 0 fully saturated rings. The van der Waals surface area contributed by atoms with Gasteiger partial charge in [-0.25, -0.2) is 4.72 Å². The van der Waals surface area contributed by atoms with E-state index in [1.54, 1.807) is 7.05 Å². The van der Waals surface area contributed by atoms with Gasteiger partial charge in [-0.1, -0.05) is 44.2 Å². The molecule has 1 rings (SSSR count). The van der Waals surface area contributed by atoms with E-state index in [0.717, 1.165) is 18.4 Å². The molecular weight excluding hydrogens is 288 g/mol. The van der Waals surface area contributed by atoms with Crippen molar-refractivity contribution in [2.45, 2.75) is 33.2 Å². The van der Waals surface area contributed by atoms with Crippen molar-refractivity contribution in [2.75, 3.05) is 20.2 Å². The largest absolute Gasteiger partial charge is 0.396 e. The summed E-state index contributed by atoms with van der Waals surface area (Å²) in [6.45, 7) is 4.47. The summed E-state index contributed by atoms with van der Waals surface area (Å²) >= 11 is 0. The van der Waals surface area contributed by atoms with Gasteiger partial charge in [-0.3, -0.25) is 0 Å². The Morgan fingerprint density at radius 3 is 2.24 bits per heavy atom. The summed E-state index contributed by atoms with van der Waals surface area (Å²) in [6.07, 6.45) is 1.45. The molecule has 0 amide bonds. The lowest BCUT2D eigenvalue weighted by Crippen LogP contribution is -2.44. The van der Waals surface area contributed by atoms with E-state index in [9.17, 15) is 13.5 Å². The van der Waals surface area contributed by atoms with E-state index in [4.69, 9.17) is 0 Å². The van der Waals surface area contributed by atoms with Crippen LogP contribution in [0.3, 0.4) is 0 Å². The minimum atomic E-state index is -3.55. The summed E-state index contributed by atoms with van der Waals surface area (Å²) in [6, 6.07) is 9.45. The third-order valence-corrected chi connectivity index (χ3v) is 5.58. The average molecular weight is 314 g/mol. The van der Waals surface area contributed by atoms with Crippen molar-refractivity contribution in [3.05, 3.63) is 35.9 Å². The molecule has 0 saturated carbocycles. The maximum absolute atomic E-state index is 12.3. The van der Waals surface area contributed by atoms with Gasteiger partial charge in [0.25, 0.3) is 10.2 Å². The van der Waals surface area contributed by atoms with Crippen LogP contribution in [0.1, 0.15) is 32.3 Å². The SMILES string of the molecule is CCC(CC)(CO)CNS(=O)(=O)N(C)Cc1ccccc1. The van der Waals surface area contributed by atoms with Crippen LogP contribution in [0, 0.1) is 5.41 Å². The molecule has 0 bridgehead atoms. The van der Waals surface area contributed by atoms with Crippen LogP contribution < -0.4 is 4.72 Å². The smallest absolute Gasteiger partial charge is 0.279 e. The Balaban J connectivity index is 2.68. The Morgan fingerprint density at radius 2 is 1.76 bits per heavy atom. The van der Waals surface area contributed by atoms with Gasteiger partial charge in [-0.05, 0) is 18.4 Å². The monoisotopic (exact) mass is 314 g/mol. The second kappa shape index (κ2) is 7.89. The average Bonchev–Trinajstić information content (AvgIpc) is 2.50. The van der Waals surface area contributed by atoms with Crippen molar-refractivity contribution in [2.24, 2.45) is 5.41 Å². The van der Waals surface area contributed by atoms with Gasteiger partial charge in [0.05, 0.1) is 0 Å². The molecule has 0 spiro atoms. The fraction of sp³-hybridized carbons (Fsp3) is 0.600. The molecule has 1 aromatic carbocycles. The number of aliphatic hydroxyl groups excluding tert-OH is 1. The first kappa shape index (κ1) is 18.1. The van der Waals surface area contributed by atoms with Gasteiger partial charge in [-0.15, -0.1) is 0 Å². The number of benzene rings is 1. The van der Waals surface area contributed by atoms with Crippen molar-refractivity contribution < 1.29 is 13.5 Å². The predicted molar refractivity (Wildman–Crippen MR) is 84.9 cm³/mol. The summed E-state index contributed by atoms with van der Waals surface area (Å²) < 4.78 is 28.4. The summed E-state index contributed by atoms with van der Waals surface area (Å²) in [7, 11) is -2.00. The number of nitrogens with one attached hydrogen (secondary N) is 1. The minimum Gasteiger partial charge on any atom is -0.396 e. The van der Waals surface area contributed by atoms with Crippen LogP contribution in [-0.2, 0) is 16.8 Å². The quantitative estimate of drug-likeness (QED) is 0.729. The van der Waals surface area contributed by atoms with Crippen LogP contribution in [0.4, 0.5) is 0 Å². The molecule has 5 nitrogen and oxygen atoms in total. The number of nitrogens with zero attached hydrogens (tertiary/aromatic N) is 1. The van der Waals surface area contributed by atoms with E-state index >= 15 is 0 Å². The van der Waals surface area contributed by atoms with Crippen LogP contribution in [-0.4, -0.2) is 38.0 Å². The lowest BCUT2D eigenvalue weighted by Gasteiger charge is -2.30.